The molecule has 96 valence electrons. The Bertz CT molecular complexity index is 788. The highest BCUT2D eigenvalue weighted by Gasteiger charge is 2.16. The van der Waals surface area contributed by atoms with Gasteiger partial charge in [-0.1, -0.05) is 6.07 Å². The molecule has 2 N–H and O–H groups in total. The molecule has 0 fully saturated rings. The Morgan fingerprint density at radius 2 is 2.26 bits per heavy atom. The minimum Gasteiger partial charge on any atom is -0.477 e. The van der Waals surface area contributed by atoms with Crippen molar-refractivity contribution in [1.29, 1.82) is 0 Å². The van der Waals surface area contributed by atoms with Crippen LogP contribution >= 0.6 is 0 Å². The van der Waals surface area contributed by atoms with Crippen molar-refractivity contribution in [3.63, 3.8) is 0 Å². The summed E-state index contributed by atoms with van der Waals surface area (Å²) in [5.74, 6) is -1.45. The number of benzene rings is 1. The Morgan fingerprint density at radius 1 is 1.47 bits per heavy atom. The molecule has 2 aromatic heterocycles. The van der Waals surface area contributed by atoms with Crippen molar-refractivity contribution < 1.29 is 14.3 Å². The molecule has 0 saturated heterocycles. The summed E-state index contributed by atoms with van der Waals surface area (Å²) in [6, 6.07) is 6.20. The van der Waals surface area contributed by atoms with Crippen LogP contribution in [0.4, 0.5) is 4.39 Å². The second-order valence-corrected chi connectivity index (χ2v) is 4.26. The van der Waals surface area contributed by atoms with Gasteiger partial charge in [-0.15, -0.1) is 0 Å². The normalized spacial score (nSPS) is 11.1. The standard InChI is InChI=1S/C13H10FN3O2/c1-17-6-7(9-5-10(13(18)19)16-15-9)12-8(14)3-2-4-11(12)17/h2-6H,1H3,(H,15,16)(H,18,19). The number of aromatic carboxylic acids is 1. The fraction of sp³-hybridized carbons (Fsp3) is 0.0769. The van der Waals surface area contributed by atoms with E-state index in [1.807, 2.05) is 0 Å². The first kappa shape index (κ1) is 11.5. The summed E-state index contributed by atoms with van der Waals surface area (Å²) in [6.07, 6.45) is 1.73. The zero-order chi connectivity index (χ0) is 13.6. The average molecular weight is 259 g/mol. The number of H-pyrrole nitrogens is 1. The number of hydrogen-bond donors (Lipinski definition) is 2. The van der Waals surface area contributed by atoms with E-state index < -0.39 is 5.97 Å². The number of carboxylic acids is 1. The van der Waals surface area contributed by atoms with Crippen molar-refractivity contribution in [2.24, 2.45) is 7.05 Å². The number of nitrogens with one attached hydrogen (secondary N) is 1. The topological polar surface area (TPSA) is 70.9 Å². The van der Waals surface area contributed by atoms with Crippen molar-refractivity contribution in [2.75, 3.05) is 0 Å². The molecule has 0 saturated carbocycles. The molecule has 0 amide bonds. The number of halogens is 1. The molecule has 2 heterocycles. The molecule has 0 bridgehead atoms. The van der Waals surface area contributed by atoms with Gasteiger partial charge in [0.2, 0.25) is 0 Å². The summed E-state index contributed by atoms with van der Waals surface area (Å²) in [5, 5.41) is 15.6. The van der Waals surface area contributed by atoms with Gasteiger partial charge in [0, 0.05) is 24.2 Å². The highest BCUT2D eigenvalue weighted by atomic mass is 19.1. The minimum absolute atomic E-state index is 0.0247. The number of aryl methyl sites for hydroxylation is 1. The summed E-state index contributed by atoms with van der Waals surface area (Å²) in [7, 11) is 1.80. The molecule has 0 unspecified atom stereocenters. The van der Waals surface area contributed by atoms with Gasteiger partial charge < -0.3 is 9.67 Å². The van der Waals surface area contributed by atoms with Crippen LogP contribution in [0.3, 0.4) is 0 Å². The first-order chi connectivity index (χ1) is 9.08. The van der Waals surface area contributed by atoms with E-state index in [0.29, 0.717) is 16.6 Å². The summed E-state index contributed by atoms with van der Waals surface area (Å²) < 4.78 is 15.7. The molecule has 5 nitrogen and oxygen atoms in total. The molecule has 0 atom stereocenters. The molecule has 1 aromatic carbocycles. The maximum absolute atomic E-state index is 13.9. The van der Waals surface area contributed by atoms with Crippen LogP contribution in [-0.2, 0) is 7.05 Å². The number of hydrogen-bond acceptors (Lipinski definition) is 2. The molecule has 0 spiro atoms. The minimum atomic E-state index is -1.10. The largest absolute Gasteiger partial charge is 0.477 e. The first-order valence-electron chi connectivity index (χ1n) is 5.60. The molecule has 0 aliphatic rings. The Hall–Kier alpha value is -2.63. The van der Waals surface area contributed by atoms with E-state index >= 15 is 0 Å². The quantitative estimate of drug-likeness (QED) is 0.742. The lowest BCUT2D eigenvalue weighted by atomic mass is 10.1. The van der Waals surface area contributed by atoms with Crippen LogP contribution in [0.5, 0.6) is 0 Å². The van der Waals surface area contributed by atoms with E-state index in [2.05, 4.69) is 10.2 Å². The van der Waals surface area contributed by atoms with Crippen LogP contribution in [-0.4, -0.2) is 25.8 Å². The molecule has 0 aliphatic carbocycles. The number of fused-ring (bicyclic) bond motifs is 1. The van der Waals surface area contributed by atoms with Crippen molar-refractivity contribution in [2.45, 2.75) is 0 Å². The van der Waals surface area contributed by atoms with E-state index in [-0.39, 0.29) is 11.5 Å². The van der Waals surface area contributed by atoms with Crippen molar-refractivity contribution in [1.82, 2.24) is 14.8 Å². The second kappa shape index (κ2) is 3.94. The van der Waals surface area contributed by atoms with Gasteiger partial charge in [-0.2, -0.15) is 5.10 Å². The van der Waals surface area contributed by atoms with Gasteiger partial charge in [-0.25, -0.2) is 9.18 Å². The molecule has 3 rings (SSSR count). The van der Waals surface area contributed by atoms with Crippen LogP contribution < -0.4 is 0 Å². The van der Waals surface area contributed by atoms with Crippen LogP contribution in [0.25, 0.3) is 22.2 Å². The second-order valence-electron chi connectivity index (χ2n) is 4.26. The zero-order valence-corrected chi connectivity index (χ0v) is 10.0. The van der Waals surface area contributed by atoms with Crippen LogP contribution in [0.1, 0.15) is 10.5 Å². The lowest BCUT2D eigenvalue weighted by Crippen LogP contribution is -1.95. The van der Waals surface area contributed by atoms with Gasteiger partial charge in [-0.3, -0.25) is 5.10 Å². The molecular weight excluding hydrogens is 249 g/mol. The summed E-state index contributed by atoms with van der Waals surface area (Å²) in [4.78, 5) is 10.8. The first-order valence-corrected chi connectivity index (χ1v) is 5.60. The van der Waals surface area contributed by atoms with E-state index in [1.165, 1.54) is 12.1 Å². The van der Waals surface area contributed by atoms with Crippen LogP contribution in [0.15, 0.2) is 30.5 Å². The molecule has 6 heteroatoms. The fourth-order valence-corrected chi connectivity index (χ4v) is 2.16. The summed E-state index contributed by atoms with van der Waals surface area (Å²) >= 11 is 0. The Balaban J connectivity index is 2.27. The smallest absolute Gasteiger partial charge is 0.353 e. The van der Waals surface area contributed by atoms with E-state index in [9.17, 15) is 9.18 Å². The number of rotatable bonds is 2. The summed E-state index contributed by atoms with van der Waals surface area (Å²) in [5.41, 5.74) is 1.69. The Labute approximate surface area is 107 Å². The maximum Gasteiger partial charge on any atom is 0.353 e. The predicted octanol–water partition coefficient (Wildman–Crippen LogP) is 2.41. The zero-order valence-electron chi connectivity index (χ0n) is 10.0. The lowest BCUT2D eigenvalue weighted by Gasteiger charge is -1.96. The van der Waals surface area contributed by atoms with Crippen molar-refractivity contribution in [3.05, 3.63) is 42.0 Å². The number of nitrogens with zero attached hydrogens (tertiary/aromatic N) is 2. The third-order valence-corrected chi connectivity index (χ3v) is 3.05. The number of aromatic nitrogens is 3. The predicted molar refractivity (Wildman–Crippen MR) is 67.4 cm³/mol. The van der Waals surface area contributed by atoms with E-state index in [4.69, 9.17) is 5.11 Å². The molecular formula is C13H10FN3O2. The molecule has 3 aromatic rings. The molecule has 19 heavy (non-hydrogen) atoms. The average Bonchev–Trinajstić information content (AvgIpc) is 2.95. The highest BCUT2D eigenvalue weighted by Crippen LogP contribution is 2.31. The third-order valence-electron chi connectivity index (χ3n) is 3.05. The van der Waals surface area contributed by atoms with Gasteiger partial charge >= 0.3 is 5.97 Å². The van der Waals surface area contributed by atoms with Gasteiger partial charge in [0.25, 0.3) is 0 Å². The van der Waals surface area contributed by atoms with Gasteiger partial charge in [0.15, 0.2) is 0 Å². The number of aromatic amines is 1. The van der Waals surface area contributed by atoms with Crippen molar-refractivity contribution in [3.8, 4) is 11.3 Å². The fourth-order valence-electron chi connectivity index (χ4n) is 2.16. The maximum atomic E-state index is 13.9. The lowest BCUT2D eigenvalue weighted by molar-refractivity contribution is 0.0690. The monoisotopic (exact) mass is 259 g/mol. The van der Waals surface area contributed by atoms with Crippen molar-refractivity contribution >= 4 is 16.9 Å². The SMILES string of the molecule is Cn1cc(-c2cc(C(=O)O)[nH]n2)c2c(F)cccc21. The number of carboxylic acid groups (broad SMARTS) is 1. The Morgan fingerprint density at radius 3 is 2.95 bits per heavy atom. The van der Waals surface area contributed by atoms with Crippen LogP contribution in [0.2, 0.25) is 0 Å². The van der Waals surface area contributed by atoms with Crippen LogP contribution in [0, 0.1) is 5.82 Å². The summed E-state index contributed by atoms with van der Waals surface area (Å²) in [6.45, 7) is 0. The van der Waals surface area contributed by atoms with E-state index in [0.717, 1.165) is 5.52 Å². The van der Waals surface area contributed by atoms with Gasteiger partial charge in [0.05, 0.1) is 11.2 Å². The van der Waals surface area contributed by atoms with Gasteiger partial charge in [0.1, 0.15) is 11.5 Å². The van der Waals surface area contributed by atoms with Gasteiger partial charge in [-0.05, 0) is 18.2 Å². The highest BCUT2D eigenvalue weighted by molar-refractivity contribution is 5.97. The van der Waals surface area contributed by atoms with E-state index in [1.54, 1.807) is 29.9 Å². The number of carbonyl (C=O) groups is 1. The molecule has 0 radical (unpaired) electrons. The Kier molecular flexibility index (Phi) is 2.38. The third kappa shape index (κ3) is 1.69. The molecule has 0 aliphatic heterocycles.